The molecule has 1 atom stereocenters. The molecule has 8 heteroatoms. The molecule has 0 radical (unpaired) electrons. The molecule has 1 N–H and O–H groups in total. The third-order valence-corrected chi connectivity index (χ3v) is 5.95. The quantitative estimate of drug-likeness (QED) is 0.298. The first-order chi connectivity index (χ1) is 15.6. The standard InChI is InChI=1S/C24H23N3O4S/c1-15(16-9-10-20(29-2)21(13-16)30-3)27-23(28)22-18(14-32-24-25-11-6-12-26-24)17-7-4-5-8-19(17)31-22/h4-13,15H,14H2,1-3H3,(H,27,28). The van der Waals surface area contributed by atoms with Crippen LogP contribution in [0, 0.1) is 0 Å². The van der Waals surface area contributed by atoms with Crippen LogP contribution in [0.1, 0.15) is 34.6 Å². The number of nitrogens with one attached hydrogen (secondary N) is 1. The monoisotopic (exact) mass is 449 g/mol. The molecule has 2 aromatic carbocycles. The van der Waals surface area contributed by atoms with Gasteiger partial charge in [-0.2, -0.15) is 0 Å². The summed E-state index contributed by atoms with van der Waals surface area (Å²) in [5.74, 6) is 1.76. The van der Waals surface area contributed by atoms with E-state index in [2.05, 4.69) is 15.3 Å². The number of aromatic nitrogens is 2. The van der Waals surface area contributed by atoms with Crippen LogP contribution in [0.5, 0.6) is 11.5 Å². The minimum absolute atomic E-state index is 0.270. The molecule has 0 fully saturated rings. The summed E-state index contributed by atoms with van der Waals surface area (Å²) in [6.45, 7) is 1.91. The molecule has 1 amide bonds. The van der Waals surface area contributed by atoms with E-state index in [4.69, 9.17) is 13.9 Å². The molecule has 164 valence electrons. The minimum Gasteiger partial charge on any atom is -0.493 e. The molecule has 2 aromatic heterocycles. The molecular formula is C24H23N3O4S. The van der Waals surface area contributed by atoms with Crippen LogP contribution < -0.4 is 14.8 Å². The number of nitrogens with zero attached hydrogens (tertiary/aromatic N) is 2. The largest absolute Gasteiger partial charge is 0.493 e. The van der Waals surface area contributed by atoms with E-state index >= 15 is 0 Å². The van der Waals surface area contributed by atoms with Crippen molar-refractivity contribution < 1.29 is 18.7 Å². The Morgan fingerprint density at radius 2 is 1.81 bits per heavy atom. The van der Waals surface area contributed by atoms with Crippen LogP contribution in [0.15, 0.2) is 70.5 Å². The number of fused-ring (bicyclic) bond motifs is 1. The van der Waals surface area contributed by atoms with Gasteiger partial charge in [-0.25, -0.2) is 9.97 Å². The Hall–Kier alpha value is -3.52. The molecule has 0 saturated heterocycles. The van der Waals surface area contributed by atoms with Crippen LogP contribution in [0.2, 0.25) is 0 Å². The first-order valence-electron chi connectivity index (χ1n) is 10.0. The SMILES string of the molecule is COc1ccc(C(C)NC(=O)c2oc3ccccc3c2CSc2ncccn2)cc1OC. The summed E-state index contributed by atoms with van der Waals surface area (Å²) in [5.41, 5.74) is 2.37. The lowest BCUT2D eigenvalue weighted by Gasteiger charge is -2.16. The first-order valence-corrected chi connectivity index (χ1v) is 11.0. The van der Waals surface area contributed by atoms with E-state index < -0.39 is 0 Å². The number of thioether (sulfide) groups is 1. The van der Waals surface area contributed by atoms with Crippen molar-refractivity contribution in [3.05, 3.63) is 77.8 Å². The summed E-state index contributed by atoms with van der Waals surface area (Å²) in [6, 6.07) is 14.7. The minimum atomic E-state index is -0.284. The molecule has 0 aliphatic rings. The maximum atomic E-state index is 13.2. The zero-order chi connectivity index (χ0) is 22.5. The van der Waals surface area contributed by atoms with Crippen LogP contribution in [0.4, 0.5) is 0 Å². The topological polar surface area (TPSA) is 86.5 Å². The average molecular weight is 450 g/mol. The van der Waals surface area contributed by atoms with Crippen LogP contribution in [0.25, 0.3) is 11.0 Å². The number of rotatable bonds is 8. The predicted octanol–water partition coefficient (Wildman–Crippen LogP) is 5.02. The molecule has 0 aliphatic carbocycles. The van der Waals surface area contributed by atoms with Gasteiger partial charge in [0.25, 0.3) is 5.91 Å². The number of furan rings is 1. The second-order valence-corrected chi connectivity index (χ2v) is 7.98. The lowest BCUT2D eigenvalue weighted by molar-refractivity contribution is 0.0913. The predicted molar refractivity (Wildman–Crippen MR) is 123 cm³/mol. The molecule has 0 saturated carbocycles. The van der Waals surface area contributed by atoms with Gasteiger partial charge in [0, 0.05) is 29.1 Å². The molecule has 0 spiro atoms. The van der Waals surface area contributed by atoms with E-state index in [1.165, 1.54) is 11.8 Å². The van der Waals surface area contributed by atoms with Crippen molar-refractivity contribution >= 4 is 28.6 Å². The van der Waals surface area contributed by atoms with Crippen molar-refractivity contribution in [2.24, 2.45) is 0 Å². The fourth-order valence-electron chi connectivity index (χ4n) is 3.39. The molecule has 4 aromatic rings. The number of hydrogen-bond donors (Lipinski definition) is 1. The van der Waals surface area contributed by atoms with E-state index in [1.807, 2.05) is 49.4 Å². The zero-order valence-corrected chi connectivity index (χ0v) is 18.8. The number of para-hydroxylation sites is 1. The number of amides is 1. The van der Waals surface area contributed by atoms with Crippen molar-refractivity contribution in [3.63, 3.8) is 0 Å². The van der Waals surface area contributed by atoms with Gasteiger partial charge >= 0.3 is 0 Å². The van der Waals surface area contributed by atoms with Gasteiger partial charge in [0.15, 0.2) is 22.4 Å². The van der Waals surface area contributed by atoms with Gasteiger partial charge in [-0.3, -0.25) is 4.79 Å². The van der Waals surface area contributed by atoms with E-state index in [0.29, 0.717) is 33.8 Å². The highest BCUT2D eigenvalue weighted by atomic mass is 32.2. The van der Waals surface area contributed by atoms with Gasteiger partial charge in [0.2, 0.25) is 0 Å². The number of benzene rings is 2. The third kappa shape index (κ3) is 4.55. The highest BCUT2D eigenvalue weighted by molar-refractivity contribution is 7.98. The highest BCUT2D eigenvalue weighted by Gasteiger charge is 2.23. The van der Waals surface area contributed by atoms with E-state index in [-0.39, 0.29) is 11.9 Å². The normalized spacial score (nSPS) is 11.8. The van der Waals surface area contributed by atoms with E-state index in [1.54, 1.807) is 32.7 Å². The van der Waals surface area contributed by atoms with Gasteiger partial charge in [0.05, 0.1) is 20.3 Å². The Labute approximate surface area is 190 Å². The van der Waals surface area contributed by atoms with Crippen LogP contribution in [0.3, 0.4) is 0 Å². The molecule has 7 nitrogen and oxygen atoms in total. The molecule has 1 unspecified atom stereocenters. The summed E-state index contributed by atoms with van der Waals surface area (Å²) in [6.07, 6.45) is 3.39. The van der Waals surface area contributed by atoms with Crippen molar-refractivity contribution in [1.29, 1.82) is 0 Å². The second kappa shape index (κ2) is 9.74. The lowest BCUT2D eigenvalue weighted by Crippen LogP contribution is -2.27. The molecule has 32 heavy (non-hydrogen) atoms. The molecule has 0 aliphatic heterocycles. The van der Waals surface area contributed by atoms with Crippen molar-refractivity contribution in [1.82, 2.24) is 15.3 Å². The Bertz CT molecular complexity index is 1230. The summed E-state index contributed by atoms with van der Waals surface area (Å²) in [7, 11) is 3.17. The second-order valence-electron chi connectivity index (χ2n) is 7.04. The van der Waals surface area contributed by atoms with Gasteiger partial charge in [-0.15, -0.1) is 0 Å². The maximum Gasteiger partial charge on any atom is 0.287 e. The van der Waals surface area contributed by atoms with Crippen molar-refractivity contribution in [2.75, 3.05) is 14.2 Å². The first kappa shape index (κ1) is 21.7. The number of carbonyl (C=O) groups excluding carboxylic acids is 1. The summed E-state index contributed by atoms with van der Waals surface area (Å²) in [5, 5.41) is 4.58. The highest BCUT2D eigenvalue weighted by Crippen LogP contribution is 2.32. The van der Waals surface area contributed by atoms with Gasteiger partial charge in [0.1, 0.15) is 5.58 Å². The number of hydrogen-bond acceptors (Lipinski definition) is 7. The maximum absolute atomic E-state index is 13.2. The van der Waals surface area contributed by atoms with Crippen molar-refractivity contribution in [2.45, 2.75) is 23.9 Å². The molecular weight excluding hydrogens is 426 g/mol. The van der Waals surface area contributed by atoms with Crippen LogP contribution in [-0.4, -0.2) is 30.1 Å². The molecule has 4 rings (SSSR count). The number of methoxy groups -OCH3 is 2. The van der Waals surface area contributed by atoms with Gasteiger partial charge in [-0.1, -0.05) is 36.0 Å². The van der Waals surface area contributed by atoms with Gasteiger partial charge in [-0.05, 0) is 36.8 Å². The number of carbonyl (C=O) groups is 1. The Morgan fingerprint density at radius 3 is 2.56 bits per heavy atom. The molecule has 0 bridgehead atoms. The van der Waals surface area contributed by atoms with Crippen molar-refractivity contribution in [3.8, 4) is 11.5 Å². The Morgan fingerprint density at radius 1 is 1.06 bits per heavy atom. The van der Waals surface area contributed by atoms with E-state index in [9.17, 15) is 4.79 Å². The summed E-state index contributed by atoms with van der Waals surface area (Å²) < 4.78 is 16.6. The van der Waals surface area contributed by atoms with E-state index in [0.717, 1.165) is 16.5 Å². The zero-order valence-electron chi connectivity index (χ0n) is 18.0. The Balaban J connectivity index is 1.59. The summed E-state index contributed by atoms with van der Waals surface area (Å²) in [4.78, 5) is 21.7. The average Bonchev–Trinajstić information content (AvgIpc) is 3.21. The van der Waals surface area contributed by atoms with Crippen LogP contribution >= 0.6 is 11.8 Å². The number of ether oxygens (including phenoxy) is 2. The summed E-state index contributed by atoms with van der Waals surface area (Å²) >= 11 is 1.46. The fraction of sp³-hybridized carbons (Fsp3) is 0.208. The third-order valence-electron chi connectivity index (χ3n) is 5.05. The Kier molecular flexibility index (Phi) is 6.61. The molecule has 2 heterocycles. The van der Waals surface area contributed by atoms with Crippen LogP contribution in [-0.2, 0) is 5.75 Å². The fourth-order valence-corrected chi connectivity index (χ4v) is 4.22. The van der Waals surface area contributed by atoms with Gasteiger partial charge < -0.3 is 19.2 Å². The smallest absolute Gasteiger partial charge is 0.287 e. The lowest BCUT2D eigenvalue weighted by atomic mass is 10.1.